The summed E-state index contributed by atoms with van der Waals surface area (Å²) >= 11 is 0. The molecule has 2 amide bonds. The Morgan fingerprint density at radius 3 is 2.50 bits per heavy atom. The zero-order valence-corrected chi connectivity index (χ0v) is 15.3. The quantitative estimate of drug-likeness (QED) is 0.752. The maximum Gasteiger partial charge on any atom is 0.389 e. The van der Waals surface area contributed by atoms with E-state index in [0.29, 0.717) is 25.4 Å². The molecule has 3 rings (SSSR count). The monoisotopic (exact) mass is 374 g/mol. The van der Waals surface area contributed by atoms with Crippen LogP contribution in [0.3, 0.4) is 0 Å². The molecule has 0 aromatic rings. The molecule has 3 aliphatic rings. The Morgan fingerprint density at radius 2 is 1.81 bits per heavy atom. The average Bonchev–Trinajstić information content (AvgIpc) is 3.02. The average molecular weight is 374 g/mol. The van der Waals surface area contributed by atoms with Gasteiger partial charge in [-0.15, -0.1) is 0 Å². The number of likely N-dealkylation sites (tertiary alicyclic amines) is 2. The normalized spacial score (nSPS) is 28.2. The molecule has 26 heavy (non-hydrogen) atoms. The van der Waals surface area contributed by atoms with Crippen LogP contribution in [0.25, 0.3) is 0 Å². The highest BCUT2D eigenvalue weighted by Gasteiger charge is 2.49. The predicted molar refractivity (Wildman–Crippen MR) is 91.3 cm³/mol. The fourth-order valence-electron chi connectivity index (χ4n) is 4.88. The third-order valence-corrected chi connectivity index (χ3v) is 6.36. The van der Waals surface area contributed by atoms with Crippen molar-refractivity contribution in [2.45, 2.75) is 70.4 Å². The molecule has 0 bridgehead atoms. The van der Waals surface area contributed by atoms with Crippen molar-refractivity contribution in [1.29, 1.82) is 0 Å². The SMILES string of the molecule is O=C(CCC(F)(F)F)N1CCC2(CCCN(CC3CCCCC3)C2=O)C1. The largest absolute Gasteiger partial charge is 0.389 e. The smallest absolute Gasteiger partial charge is 0.342 e. The molecule has 4 nitrogen and oxygen atoms in total. The molecule has 1 aliphatic carbocycles. The lowest BCUT2D eigenvalue weighted by Gasteiger charge is -2.41. The second kappa shape index (κ2) is 7.77. The summed E-state index contributed by atoms with van der Waals surface area (Å²) in [6.45, 7) is 2.28. The minimum absolute atomic E-state index is 0.125. The first-order valence-corrected chi connectivity index (χ1v) is 9.93. The van der Waals surface area contributed by atoms with Crippen molar-refractivity contribution < 1.29 is 22.8 Å². The lowest BCUT2D eigenvalue weighted by Crippen LogP contribution is -2.51. The zero-order valence-electron chi connectivity index (χ0n) is 15.3. The van der Waals surface area contributed by atoms with Gasteiger partial charge in [0.1, 0.15) is 0 Å². The fourth-order valence-corrected chi connectivity index (χ4v) is 4.88. The number of alkyl halides is 3. The second-order valence-corrected chi connectivity index (χ2v) is 8.32. The van der Waals surface area contributed by atoms with Gasteiger partial charge < -0.3 is 9.80 Å². The van der Waals surface area contributed by atoms with Gasteiger partial charge in [-0.05, 0) is 38.0 Å². The molecule has 1 saturated carbocycles. The van der Waals surface area contributed by atoms with Crippen LogP contribution in [0.15, 0.2) is 0 Å². The Kier molecular flexibility index (Phi) is 5.82. The Hall–Kier alpha value is -1.27. The molecule has 2 heterocycles. The number of nitrogens with zero attached hydrogens (tertiary/aromatic N) is 2. The van der Waals surface area contributed by atoms with Gasteiger partial charge in [-0.2, -0.15) is 13.2 Å². The molecule has 2 saturated heterocycles. The molecule has 0 aromatic carbocycles. The van der Waals surface area contributed by atoms with Gasteiger partial charge in [0.2, 0.25) is 11.8 Å². The fraction of sp³-hybridized carbons (Fsp3) is 0.895. The van der Waals surface area contributed by atoms with E-state index in [4.69, 9.17) is 0 Å². The van der Waals surface area contributed by atoms with Crippen molar-refractivity contribution in [2.24, 2.45) is 11.3 Å². The summed E-state index contributed by atoms with van der Waals surface area (Å²) in [5, 5.41) is 0. The standard InChI is InChI=1S/C19H29F3N2O2/c20-19(21,22)9-7-16(25)24-12-10-18(14-24)8-4-11-23(17(18)26)13-15-5-2-1-3-6-15/h15H,1-14H2. The van der Waals surface area contributed by atoms with Gasteiger partial charge >= 0.3 is 6.18 Å². The minimum atomic E-state index is -4.31. The lowest BCUT2D eigenvalue weighted by atomic mass is 9.77. The Morgan fingerprint density at radius 1 is 1.08 bits per heavy atom. The molecule has 148 valence electrons. The Labute approximate surface area is 153 Å². The van der Waals surface area contributed by atoms with Gasteiger partial charge in [0.05, 0.1) is 11.8 Å². The Bertz CT molecular complexity index is 531. The van der Waals surface area contributed by atoms with Gasteiger partial charge in [0.15, 0.2) is 0 Å². The molecular weight excluding hydrogens is 345 g/mol. The Balaban J connectivity index is 1.57. The first-order chi connectivity index (χ1) is 12.3. The third-order valence-electron chi connectivity index (χ3n) is 6.36. The number of carbonyl (C=O) groups excluding carboxylic acids is 2. The van der Waals surface area contributed by atoms with Crippen LogP contribution in [0.5, 0.6) is 0 Å². The topological polar surface area (TPSA) is 40.6 Å². The van der Waals surface area contributed by atoms with E-state index in [-0.39, 0.29) is 5.91 Å². The maximum atomic E-state index is 13.1. The number of carbonyl (C=O) groups is 2. The third kappa shape index (κ3) is 4.52. The summed E-state index contributed by atoms with van der Waals surface area (Å²) in [5.74, 6) is 0.227. The molecule has 2 aliphatic heterocycles. The number of hydrogen-bond donors (Lipinski definition) is 0. The van der Waals surface area contributed by atoms with E-state index in [0.717, 1.165) is 25.9 Å². The van der Waals surface area contributed by atoms with Crippen LogP contribution in [0.1, 0.15) is 64.2 Å². The molecule has 7 heteroatoms. The van der Waals surface area contributed by atoms with E-state index < -0.39 is 30.3 Å². The van der Waals surface area contributed by atoms with Gasteiger partial charge in [0.25, 0.3) is 0 Å². The van der Waals surface area contributed by atoms with Gasteiger partial charge in [0, 0.05) is 32.6 Å². The first-order valence-electron chi connectivity index (χ1n) is 9.93. The summed E-state index contributed by atoms with van der Waals surface area (Å²) < 4.78 is 37.1. The van der Waals surface area contributed by atoms with Crippen LogP contribution >= 0.6 is 0 Å². The summed E-state index contributed by atoms with van der Waals surface area (Å²) in [5.41, 5.74) is -0.555. The van der Waals surface area contributed by atoms with Gasteiger partial charge in [-0.1, -0.05) is 19.3 Å². The van der Waals surface area contributed by atoms with Crippen molar-refractivity contribution in [3.8, 4) is 0 Å². The van der Waals surface area contributed by atoms with Crippen LogP contribution in [0.2, 0.25) is 0 Å². The van der Waals surface area contributed by atoms with E-state index >= 15 is 0 Å². The highest BCUT2D eigenvalue weighted by atomic mass is 19.4. The van der Waals surface area contributed by atoms with E-state index in [9.17, 15) is 22.8 Å². The van der Waals surface area contributed by atoms with Crippen LogP contribution in [0.4, 0.5) is 13.2 Å². The molecule has 1 unspecified atom stereocenters. The molecular formula is C19H29F3N2O2. The zero-order chi connectivity index (χ0) is 18.8. The van der Waals surface area contributed by atoms with E-state index in [2.05, 4.69) is 0 Å². The minimum Gasteiger partial charge on any atom is -0.342 e. The maximum absolute atomic E-state index is 13.1. The van der Waals surface area contributed by atoms with Crippen molar-refractivity contribution in [3.05, 3.63) is 0 Å². The van der Waals surface area contributed by atoms with Crippen molar-refractivity contribution in [2.75, 3.05) is 26.2 Å². The van der Waals surface area contributed by atoms with Crippen LogP contribution < -0.4 is 0 Å². The summed E-state index contributed by atoms with van der Waals surface area (Å²) in [4.78, 5) is 28.7. The highest BCUT2D eigenvalue weighted by molar-refractivity contribution is 5.86. The summed E-state index contributed by atoms with van der Waals surface area (Å²) in [6, 6.07) is 0. The summed E-state index contributed by atoms with van der Waals surface area (Å²) in [6.07, 6.45) is 2.45. The molecule has 3 fully saturated rings. The van der Waals surface area contributed by atoms with E-state index in [1.807, 2.05) is 4.90 Å². The van der Waals surface area contributed by atoms with Crippen LogP contribution in [-0.4, -0.2) is 54.0 Å². The molecule has 0 radical (unpaired) electrons. The van der Waals surface area contributed by atoms with Gasteiger partial charge in [-0.3, -0.25) is 9.59 Å². The number of piperidine rings is 1. The van der Waals surface area contributed by atoms with Crippen molar-refractivity contribution in [1.82, 2.24) is 9.80 Å². The number of hydrogen-bond acceptors (Lipinski definition) is 2. The second-order valence-electron chi connectivity index (χ2n) is 8.32. The molecule has 0 aromatic heterocycles. The van der Waals surface area contributed by atoms with Crippen LogP contribution in [-0.2, 0) is 9.59 Å². The number of halogens is 3. The van der Waals surface area contributed by atoms with Crippen molar-refractivity contribution >= 4 is 11.8 Å². The van der Waals surface area contributed by atoms with Crippen molar-refractivity contribution in [3.63, 3.8) is 0 Å². The van der Waals surface area contributed by atoms with Crippen LogP contribution in [0, 0.1) is 11.3 Å². The van der Waals surface area contributed by atoms with Gasteiger partial charge in [-0.25, -0.2) is 0 Å². The molecule has 0 N–H and O–H groups in total. The first kappa shape index (κ1) is 19.5. The lowest BCUT2D eigenvalue weighted by molar-refractivity contribution is -0.151. The highest BCUT2D eigenvalue weighted by Crippen LogP contribution is 2.41. The predicted octanol–water partition coefficient (Wildman–Crippen LogP) is 3.75. The molecule has 1 atom stereocenters. The van der Waals surface area contributed by atoms with E-state index in [1.165, 1.54) is 37.0 Å². The number of amides is 2. The van der Waals surface area contributed by atoms with E-state index in [1.54, 1.807) is 0 Å². The molecule has 1 spiro atoms. The number of rotatable bonds is 4. The summed E-state index contributed by atoms with van der Waals surface area (Å²) in [7, 11) is 0.